The van der Waals surface area contributed by atoms with Crippen LogP contribution in [0.25, 0.3) is 0 Å². The molecule has 0 aliphatic rings. The first kappa shape index (κ1) is 11.1. The van der Waals surface area contributed by atoms with Crippen LogP contribution in [-0.2, 0) is 6.42 Å². The molecule has 16 heavy (non-hydrogen) atoms. The van der Waals surface area contributed by atoms with Crippen molar-refractivity contribution in [2.75, 3.05) is 0 Å². The quantitative estimate of drug-likeness (QED) is 0.865. The summed E-state index contributed by atoms with van der Waals surface area (Å²) in [6.07, 6.45) is 3.77. The van der Waals surface area contributed by atoms with E-state index in [0.717, 1.165) is 0 Å². The molecule has 0 radical (unpaired) electrons. The number of benzene rings is 1. The number of nitrogens with two attached hydrogens (primary N) is 1. The molecule has 5 heteroatoms. The highest BCUT2D eigenvalue weighted by Gasteiger charge is 2.12. The first-order chi connectivity index (χ1) is 7.66. The van der Waals surface area contributed by atoms with Crippen LogP contribution in [0.15, 0.2) is 30.6 Å². The Morgan fingerprint density at radius 1 is 1.50 bits per heavy atom. The molecule has 0 amide bonds. The molecule has 0 saturated heterocycles. The van der Waals surface area contributed by atoms with Gasteiger partial charge in [-0.3, -0.25) is 0 Å². The first-order valence-electron chi connectivity index (χ1n) is 4.85. The predicted octanol–water partition coefficient (Wildman–Crippen LogP) is 2.44. The number of aromatic nitrogens is 2. The molecular formula is C11H11ClFN3. The SMILES string of the molecule is NC(Cc1cc(F)ccc1Cl)c1ncc[nH]1. The fourth-order valence-corrected chi connectivity index (χ4v) is 1.71. The maximum atomic E-state index is 13.0. The Hall–Kier alpha value is -1.39. The molecule has 3 nitrogen and oxygen atoms in total. The lowest BCUT2D eigenvalue weighted by Crippen LogP contribution is -2.15. The zero-order chi connectivity index (χ0) is 11.5. The summed E-state index contributed by atoms with van der Waals surface area (Å²) in [5.41, 5.74) is 6.60. The summed E-state index contributed by atoms with van der Waals surface area (Å²) in [5.74, 6) is 0.353. The first-order valence-corrected chi connectivity index (χ1v) is 5.23. The van der Waals surface area contributed by atoms with Gasteiger partial charge in [-0.15, -0.1) is 0 Å². The minimum absolute atomic E-state index is 0.311. The van der Waals surface area contributed by atoms with Crippen LogP contribution < -0.4 is 5.73 Å². The number of aromatic amines is 1. The molecule has 3 N–H and O–H groups in total. The average Bonchev–Trinajstić information content (AvgIpc) is 2.76. The fourth-order valence-electron chi connectivity index (χ4n) is 1.51. The van der Waals surface area contributed by atoms with E-state index >= 15 is 0 Å². The Morgan fingerprint density at radius 3 is 3.00 bits per heavy atom. The molecule has 0 aliphatic heterocycles. The Kier molecular flexibility index (Phi) is 3.22. The van der Waals surface area contributed by atoms with Gasteiger partial charge >= 0.3 is 0 Å². The van der Waals surface area contributed by atoms with E-state index in [2.05, 4.69) is 9.97 Å². The highest BCUT2D eigenvalue weighted by Crippen LogP contribution is 2.21. The number of rotatable bonds is 3. The van der Waals surface area contributed by atoms with Crippen molar-refractivity contribution in [2.45, 2.75) is 12.5 Å². The van der Waals surface area contributed by atoms with E-state index in [9.17, 15) is 4.39 Å². The number of H-pyrrole nitrogens is 1. The molecule has 2 aromatic rings. The molecule has 1 atom stereocenters. The zero-order valence-electron chi connectivity index (χ0n) is 8.45. The summed E-state index contributed by atoms with van der Waals surface area (Å²) in [6, 6.07) is 3.94. The van der Waals surface area contributed by atoms with Crippen LogP contribution in [0.4, 0.5) is 4.39 Å². The van der Waals surface area contributed by atoms with Gasteiger partial charge in [0.2, 0.25) is 0 Å². The standard InChI is InChI=1S/C11H11ClFN3/c12-9-2-1-8(13)5-7(9)6-10(14)11-15-3-4-16-11/h1-5,10H,6,14H2,(H,15,16). The normalized spacial score (nSPS) is 12.7. The summed E-state index contributed by atoms with van der Waals surface area (Å²) < 4.78 is 13.0. The lowest BCUT2D eigenvalue weighted by Gasteiger charge is -2.10. The van der Waals surface area contributed by atoms with Crippen LogP contribution in [0.5, 0.6) is 0 Å². The maximum absolute atomic E-state index is 13.0. The van der Waals surface area contributed by atoms with Crippen LogP contribution in [0.2, 0.25) is 5.02 Å². The van der Waals surface area contributed by atoms with Gasteiger partial charge < -0.3 is 10.7 Å². The van der Waals surface area contributed by atoms with Crippen molar-refractivity contribution in [1.29, 1.82) is 0 Å². The van der Waals surface area contributed by atoms with Gasteiger partial charge in [0.15, 0.2) is 0 Å². The lowest BCUT2D eigenvalue weighted by atomic mass is 10.1. The second-order valence-electron chi connectivity index (χ2n) is 3.52. The van der Waals surface area contributed by atoms with Crippen molar-refractivity contribution in [1.82, 2.24) is 9.97 Å². The topological polar surface area (TPSA) is 54.7 Å². The molecule has 0 fully saturated rings. The summed E-state index contributed by atoms with van der Waals surface area (Å²) >= 11 is 5.95. The van der Waals surface area contributed by atoms with Gasteiger partial charge in [-0.05, 0) is 30.2 Å². The smallest absolute Gasteiger partial charge is 0.123 e. The Bertz CT molecular complexity index is 470. The van der Waals surface area contributed by atoms with Crippen molar-refractivity contribution >= 4 is 11.6 Å². The zero-order valence-corrected chi connectivity index (χ0v) is 9.21. The lowest BCUT2D eigenvalue weighted by molar-refractivity contribution is 0.619. The van der Waals surface area contributed by atoms with Crippen molar-refractivity contribution in [3.05, 3.63) is 52.8 Å². The minimum Gasteiger partial charge on any atom is -0.347 e. The van der Waals surface area contributed by atoms with Crippen molar-refractivity contribution in [3.63, 3.8) is 0 Å². The van der Waals surface area contributed by atoms with E-state index in [1.165, 1.54) is 18.2 Å². The highest BCUT2D eigenvalue weighted by atomic mass is 35.5. The van der Waals surface area contributed by atoms with Crippen molar-refractivity contribution < 1.29 is 4.39 Å². The van der Waals surface area contributed by atoms with Crippen molar-refractivity contribution in [3.8, 4) is 0 Å². The monoisotopic (exact) mass is 239 g/mol. The molecule has 0 aliphatic carbocycles. The maximum Gasteiger partial charge on any atom is 0.123 e. The fraction of sp³-hybridized carbons (Fsp3) is 0.182. The van der Waals surface area contributed by atoms with E-state index < -0.39 is 0 Å². The molecule has 1 heterocycles. The summed E-state index contributed by atoms with van der Waals surface area (Å²) in [7, 11) is 0. The van der Waals surface area contributed by atoms with Gasteiger partial charge in [0.1, 0.15) is 11.6 Å². The number of hydrogen-bond donors (Lipinski definition) is 2. The average molecular weight is 240 g/mol. The van der Waals surface area contributed by atoms with Crippen LogP contribution in [0, 0.1) is 5.82 Å². The van der Waals surface area contributed by atoms with Crippen LogP contribution in [0.1, 0.15) is 17.4 Å². The highest BCUT2D eigenvalue weighted by molar-refractivity contribution is 6.31. The molecular weight excluding hydrogens is 229 g/mol. The van der Waals surface area contributed by atoms with Crippen LogP contribution >= 0.6 is 11.6 Å². The van der Waals surface area contributed by atoms with E-state index in [-0.39, 0.29) is 11.9 Å². The summed E-state index contributed by atoms with van der Waals surface area (Å²) in [4.78, 5) is 6.97. The molecule has 0 saturated carbocycles. The number of hydrogen-bond acceptors (Lipinski definition) is 2. The number of nitrogens with zero attached hydrogens (tertiary/aromatic N) is 1. The number of nitrogens with one attached hydrogen (secondary N) is 1. The van der Waals surface area contributed by atoms with Crippen molar-refractivity contribution in [2.24, 2.45) is 5.73 Å². The Morgan fingerprint density at radius 2 is 2.31 bits per heavy atom. The van der Waals surface area contributed by atoms with Gasteiger partial charge in [-0.25, -0.2) is 9.37 Å². The van der Waals surface area contributed by atoms with E-state index in [1.807, 2.05) is 0 Å². The van der Waals surface area contributed by atoms with Gasteiger partial charge in [0, 0.05) is 17.4 Å². The molecule has 1 aromatic carbocycles. The molecule has 84 valence electrons. The van der Waals surface area contributed by atoms with Gasteiger partial charge in [-0.1, -0.05) is 11.6 Å². The third-order valence-corrected chi connectivity index (χ3v) is 2.69. The van der Waals surface area contributed by atoms with E-state index in [0.29, 0.717) is 22.8 Å². The van der Waals surface area contributed by atoms with Gasteiger partial charge in [0.05, 0.1) is 6.04 Å². The summed E-state index contributed by atoms with van der Waals surface area (Å²) in [6.45, 7) is 0. The predicted molar refractivity (Wildman–Crippen MR) is 60.6 cm³/mol. The summed E-state index contributed by atoms with van der Waals surface area (Å²) in [5, 5.41) is 0.517. The Balaban J connectivity index is 2.17. The van der Waals surface area contributed by atoms with E-state index in [1.54, 1.807) is 12.4 Å². The van der Waals surface area contributed by atoms with Gasteiger partial charge in [-0.2, -0.15) is 0 Å². The molecule has 0 spiro atoms. The Labute approximate surface area is 97.5 Å². The van der Waals surface area contributed by atoms with E-state index in [4.69, 9.17) is 17.3 Å². The number of imidazole rings is 1. The molecule has 0 bridgehead atoms. The molecule has 2 rings (SSSR count). The second-order valence-corrected chi connectivity index (χ2v) is 3.93. The van der Waals surface area contributed by atoms with Crippen LogP contribution in [0.3, 0.4) is 0 Å². The van der Waals surface area contributed by atoms with Crippen LogP contribution in [-0.4, -0.2) is 9.97 Å². The third kappa shape index (κ3) is 2.40. The minimum atomic E-state index is -0.314. The second kappa shape index (κ2) is 4.63. The molecule has 1 aromatic heterocycles. The van der Waals surface area contributed by atoms with Gasteiger partial charge in [0.25, 0.3) is 0 Å². The third-order valence-electron chi connectivity index (χ3n) is 2.32. The largest absolute Gasteiger partial charge is 0.347 e. The molecule has 1 unspecified atom stereocenters. The number of halogens is 2.